The smallest absolute Gasteiger partial charge is 0.0596 e. The van der Waals surface area contributed by atoms with Gasteiger partial charge in [0.25, 0.3) is 0 Å². The largest absolute Gasteiger partial charge is 0.379 e. The van der Waals surface area contributed by atoms with Crippen molar-refractivity contribution < 1.29 is 0 Å². The van der Waals surface area contributed by atoms with Crippen LogP contribution < -0.4 is 10.2 Å². The summed E-state index contributed by atoms with van der Waals surface area (Å²) in [5, 5.41) is 3.51. The van der Waals surface area contributed by atoms with Gasteiger partial charge < -0.3 is 10.2 Å². The summed E-state index contributed by atoms with van der Waals surface area (Å²) in [6.07, 6.45) is 1.09. The van der Waals surface area contributed by atoms with Crippen molar-refractivity contribution in [1.82, 2.24) is 0 Å². The minimum absolute atomic E-state index is 0.856. The molecule has 0 amide bonds. The average Bonchev–Trinajstić information content (AvgIpc) is 2.46. The van der Waals surface area contributed by atoms with Gasteiger partial charge in [0.2, 0.25) is 0 Å². The van der Waals surface area contributed by atoms with E-state index >= 15 is 0 Å². The summed E-state index contributed by atoms with van der Waals surface area (Å²) < 4.78 is 0. The van der Waals surface area contributed by atoms with Gasteiger partial charge >= 0.3 is 0 Å². The molecule has 2 aromatic carbocycles. The second kappa shape index (κ2) is 6.28. The number of aryl methyl sites for hydroxylation is 1. The van der Waals surface area contributed by atoms with Crippen LogP contribution in [-0.2, 0) is 13.0 Å². The third-order valence-corrected chi connectivity index (χ3v) is 3.30. The molecule has 2 aromatic rings. The molecule has 19 heavy (non-hydrogen) atoms. The minimum Gasteiger partial charge on any atom is -0.379 e. The first-order valence-electron chi connectivity index (χ1n) is 6.78. The van der Waals surface area contributed by atoms with Gasteiger partial charge in [0.05, 0.1) is 11.4 Å². The van der Waals surface area contributed by atoms with Gasteiger partial charge in [0.1, 0.15) is 0 Å². The summed E-state index contributed by atoms with van der Waals surface area (Å²) in [5.41, 5.74) is 5.09. The molecule has 2 heteroatoms. The fourth-order valence-electron chi connectivity index (χ4n) is 2.10. The number of rotatable bonds is 5. The van der Waals surface area contributed by atoms with Gasteiger partial charge in [-0.15, -0.1) is 0 Å². The lowest BCUT2D eigenvalue weighted by atomic mass is 10.1. The second-order valence-corrected chi connectivity index (χ2v) is 4.94. The van der Waals surface area contributed by atoms with E-state index in [2.05, 4.69) is 79.8 Å². The highest BCUT2D eigenvalue weighted by Gasteiger charge is 2.02. The lowest BCUT2D eigenvalue weighted by molar-refractivity contribution is 1.09. The van der Waals surface area contributed by atoms with Crippen LogP contribution in [0.4, 0.5) is 11.4 Å². The molecule has 0 aromatic heterocycles. The van der Waals surface area contributed by atoms with E-state index in [1.54, 1.807) is 0 Å². The third-order valence-electron chi connectivity index (χ3n) is 3.30. The van der Waals surface area contributed by atoms with Crippen LogP contribution in [0.25, 0.3) is 0 Å². The average molecular weight is 254 g/mol. The van der Waals surface area contributed by atoms with Crippen LogP contribution in [0.1, 0.15) is 18.1 Å². The highest BCUT2D eigenvalue weighted by Crippen LogP contribution is 2.23. The molecule has 0 aliphatic rings. The molecule has 0 fully saturated rings. The zero-order chi connectivity index (χ0) is 13.7. The topological polar surface area (TPSA) is 15.3 Å². The third kappa shape index (κ3) is 3.50. The van der Waals surface area contributed by atoms with Crippen LogP contribution in [0.5, 0.6) is 0 Å². The van der Waals surface area contributed by atoms with Crippen molar-refractivity contribution >= 4 is 11.4 Å². The molecule has 0 spiro atoms. The van der Waals surface area contributed by atoms with Crippen molar-refractivity contribution in [3.8, 4) is 0 Å². The zero-order valence-corrected chi connectivity index (χ0v) is 12.0. The molecule has 0 saturated heterocycles. The molecule has 0 aliphatic heterocycles. The number of hydrogen-bond acceptors (Lipinski definition) is 2. The molecular weight excluding hydrogens is 232 g/mol. The van der Waals surface area contributed by atoms with Crippen LogP contribution in [0.3, 0.4) is 0 Å². The van der Waals surface area contributed by atoms with Gasteiger partial charge in [-0.2, -0.15) is 0 Å². The van der Waals surface area contributed by atoms with Crippen molar-refractivity contribution in [3.05, 3.63) is 59.7 Å². The van der Waals surface area contributed by atoms with E-state index < -0.39 is 0 Å². The monoisotopic (exact) mass is 254 g/mol. The lowest BCUT2D eigenvalue weighted by Gasteiger charge is -2.18. The molecule has 0 heterocycles. The Hall–Kier alpha value is -1.96. The van der Waals surface area contributed by atoms with Crippen LogP contribution in [0.15, 0.2) is 48.5 Å². The Bertz CT molecular complexity index is 515. The van der Waals surface area contributed by atoms with Gasteiger partial charge in [-0.25, -0.2) is 0 Å². The molecule has 0 radical (unpaired) electrons. The number of hydrogen-bond donors (Lipinski definition) is 1. The Morgan fingerprint density at radius 1 is 0.895 bits per heavy atom. The SMILES string of the molecule is CCc1ccc(CNc2ccccc2N(C)C)cc1. The Balaban J connectivity index is 2.05. The Kier molecular flexibility index (Phi) is 4.45. The van der Waals surface area contributed by atoms with Crippen LogP contribution in [-0.4, -0.2) is 14.1 Å². The molecule has 2 nitrogen and oxygen atoms in total. The summed E-state index contributed by atoms with van der Waals surface area (Å²) >= 11 is 0. The molecule has 0 unspecified atom stereocenters. The molecule has 0 atom stereocenters. The summed E-state index contributed by atoms with van der Waals surface area (Å²) in [4.78, 5) is 2.13. The van der Waals surface area contributed by atoms with E-state index in [4.69, 9.17) is 0 Å². The first kappa shape index (κ1) is 13.5. The molecule has 100 valence electrons. The van der Waals surface area contributed by atoms with E-state index in [0.717, 1.165) is 13.0 Å². The predicted octanol–water partition coefficient (Wildman–Crippen LogP) is 3.93. The van der Waals surface area contributed by atoms with Crippen LogP contribution in [0.2, 0.25) is 0 Å². The van der Waals surface area contributed by atoms with Crippen molar-refractivity contribution in [2.45, 2.75) is 19.9 Å². The number of nitrogens with zero attached hydrogens (tertiary/aromatic N) is 1. The van der Waals surface area contributed by atoms with Gasteiger partial charge in [0.15, 0.2) is 0 Å². The van der Waals surface area contributed by atoms with E-state index in [-0.39, 0.29) is 0 Å². The van der Waals surface area contributed by atoms with Crippen molar-refractivity contribution in [3.63, 3.8) is 0 Å². The maximum atomic E-state index is 3.51. The van der Waals surface area contributed by atoms with Crippen molar-refractivity contribution in [1.29, 1.82) is 0 Å². The minimum atomic E-state index is 0.856. The predicted molar refractivity (Wildman–Crippen MR) is 83.9 cm³/mol. The quantitative estimate of drug-likeness (QED) is 0.869. The molecule has 1 N–H and O–H groups in total. The summed E-state index contributed by atoms with van der Waals surface area (Å²) in [6, 6.07) is 17.2. The summed E-state index contributed by atoms with van der Waals surface area (Å²) in [6.45, 7) is 3.04. The Labute approximate surface area is 116 Å². The van der Waals surface area contributed by atoms with E-state index in [1.807, 2.05) is 0 Å². The van der Waals surface area contributed by atoms with Gasteiger partial charge in [0, 0.05) is 20.6 Å². The number of benzene rings is 2. The summed E-state index contributed by atoms with van der Waals surface area (Å²) in [7, 11) is 4.13. The fraction of sp³-hybridized carbons (Fsp3) is 0.294. The molecule has 0 bridgehead atoms. The highest BCUT2D eigenvalue weighted by atomic mass is 15.1. The highest BCUT2D eigenvalue weighted by molar-refractivity contribution is 5.69. The normalized spacial score (nSPS) is 10.3. The first-order chi connectivity index (χ1) is 9.20. The van der Waals surface area contributed by atoms with Gasteiger partial charge in [-0.1, -0.05) is 43.3 Å². The first-order valence-corrected chi connectivity index (χ1v) is 6.78. The zero-order valence-electron chi connectivity index (χ0n) is 12.0. The Morgan fingerprint density at radius 3 is 2.16 bits per heavy atom. The molecule has 0 saturated carbocycles. The second-order valence-electron chi connectivity index (χ2n) is 4.94. The van der Waals surface area contributed by atoms with E-state index in [1.165, 1.54) is 22.5 Å². The fourth-order valence-corrected chi connectivity index (χ4v) is 2.10. The number of nitrogens with one attached hydrogen (secondary N) is 1. The van der Waals surface area contributed by atoms with Crippen molar-refractivity contribution in [2.24, 2.45) is 0 Å². The standard InChI is InChI=1S/C17H22N2/c1-4-14-9-11-15(12-10-14)13-18-16-7-5-6-8-17(16)19(2)3/h5-12,18H,4,13H2,1-3H3. The van der Waals surface area contributed by atoms with Crippen molar-refractivity contribution in [2.75, 3.05) is 24.3 Å². The number of para-hydroxylation sites is 2. The Morgan fingerprint density at radius 2 is 1.53 bits per heavy atom. The van der Waals surface area contributed by atoms with Crippen LogP contribution in [0, 0.1) is 0 Å². The molecule has 0 aliphatic carbocycles. The molecule has 2 rings (SSSR count). The lowest BCUT2D eigenvalue weighted by Crippen LogP contribution is -2.12. The van der Waals surface area contributed by atoms with Gasteiger partial charge in [-0.05, 0) is 29.7 Å². The summed E-state index contributed by atoms with van der Waals surface area (Å²) in [5.74, 6) is 0. The maximum Gasteiger partial charge on any atom is 0.0596 e. The molecular formula is C17H22N2. The van der Waals surface area contributed by atoms with Gasteiger partial charge in [-0.3, -0.25) is 0 Å². The maximum absolute atomic E-state index is 3.51. The van der Waals surface area contributed by atoms with E-state index in [0.29, 0.717) is 0 Å². The number of anilines is 2. The van der Waals surface area contributed by atoms with Crippen LogP contribution >= 0.6 is 0 Å². The van der Waals surface area contributed by atoms with E-state index in [9.17, 15) is 0 Å².